The van der Waals surface area contributed by atoms with E-state index in [1.165, 1.54) is 25.3 Å². The Morgan fingerprint density at radius 1 is 1.56 bits per heavy atom. The number of rotatable bonds is 5. The van der Waals surface area contributed by atoms with Gasteiger partial charge in [0, 0.05) is 6.54 Å². The molecule has 0 radical (unpaired) electrons. The number of carbonyl (C=O) groups is 1. The number of nitrogens with one attached hydrogen (secondary N) is 1. The minimum atomic E-state index is -0.481. The Kier molecular flexibility index (Phi) is 3.41. The van der Waals surface area contributed by atoms with Crippen molar-refractivity contribution < 1.29 is 4.79 Å². The molecule has 0 unspecified atom stereocenters. The molecular weight excluding hydrogens is 228 g/mol. The van der Waals surface area contributed by atoms with Gasteiger partial charge in [0.1, 0.15) is 5.82 Å². The maximum absolute atomic E-state index is 11.4. The van der Waals surface area contributed by atoms with Gasteiger partial charge >= 0.3 is 0 Å². The van der Waals surface area contributed by atoms with Gasteiger partial charge < -0.3 is 16.8 Å². The lowest BCUT2D eigenvalue weighted by Crippen LogP contribution is -2.36. The molecule has 1 heterocycles. The summed E-state index contributed by atoms with van der Waals surface area (Å²) in [4.78, 5) is 15.4. The molecule has 0 aromatic carbocycles. The van der Waals surface area contributed by atoms with Crippen molar-refractivity contribution >= 4 is 17.4 Å². The van der Waals surface area contributed by atoms with E-state index < -0.39 is 5.91 Å². The first kappa shape index (κ1) is 12.7. The Labute approximate surface area is 107 Å². The first-order valence-corrected chi connectivity index (χ1v) is 6.35. The topological polar surface area (TPSA) is 94.0 Å². The van der Waals surface area contributed by atoms with Gasteiger partial charge in [0.2, 0.25) is 0 Å². The molecule has 1 saturated carbocycles. The summed E-state index contributed by atoms with van der Waals surface area (Å²) in [5, 5.41) is 3.30. The van der Waals surface area contributed by atoms with Crippen LogP contribution in [0.15, 0.2) is 12.3 Å². The lowest BCUT2D eigenvalue weighted by Gasteiger charge is -2.41. The Bertz CT molecular complexity index is 449. The van der Waals surface area contributed by atoms with Gasteiger partial charge in [0.05, 0.1) is 17.4 Å². The second kappa shape index (κ2) is 4.84. The molecule has 1 aromatic heterocycles. The highest BCUT2D eigenvalue weighted by Crippen LogP contribution is 2.43. The molecule has 0 spiro atoms. The Morgan fingerprint density at radius 3 is 2.78 bits per heavy atom. The molecule has 18 heavy (non-hydrogen) atoms. The molecule has 1 aliphatic carbocycles. The highest BCUT2D eigenvalue weighted by Gasteiger charge is 2.34. The normalized spacial score (nSPS) is 16.9. The van der Waals surface area contributed by atoms with Crippen LogP contribution in [0, 0.1) is 5.41 Å². The maximum Gasteiger partial charge on any atom is 0.250 e. The number of primary amides is 1. The summed E-state index contributed by atoms with van der Waals surface area (Å²) in [6.07, 6.45) is 6.50. The fourth-order valence-electron chi connectivity index (χ4n) is 2.43. The van der Waals surface area contributed by atoms with Gasteiger partial charge in [-0.3, -0.25) is 4.79 Å². The highest BCUT2D eigenvalue weighted by molar-refractivity contribution is 5.98. The molecular formula is C13H20N4O. The summed E-state index contributed by atoms with van der Waals surface area (Å²) in [6, 6.07) is 1.52. The van der Waals surface area contributed by atoms with Gasteiger partial charge in [-0.2, -0.15) is 0 Å². The third-order valence-corrected chi connectivity index (χ3v) is 4.01. The molecule has 1 aliphatic rings. The first-order chi connectivity index (χ1) is 8.56. The van der Waals surface area contributed by atoms with Crippen LogP contribution >= 0.6 is 0 Å². The summed E-state index contributed by atoms with van der Waals surface area (Å²) in [5.41, 5.74) is 12.4. The molecule has 2 rings (SSSR count). The van der Waals surface area contributed by atoms with Gasteiger partial charge in [-0.05, 0) is 30.7 Å². The van der Waals surface area contributed by atoms with Crippen molar-refractivity contribution in [2.24, 2.45) is 11.1 Å². The van der Waals surface area contributed by atoms with E-state index in [4.69, 9.17) is 11.5 Å². The van der Waals surface area contributed by atoms with E-state index >= 15 is 0 Å². The van der Waals surface area contributed by atoms with E-state index in [-0.39, 0.29) is 0 Å². The number of anilines is 2. The fourth-order valence-corrected chi connectivity index (χ4v) is 2.43. The second-order valence-electron chi connectivity index (χ2n) is 5.08. The molecule has 0 atom stereocenters. The van der Waals surface area contributed by atoms with Crippen molar-refractivity contribution in [3.8, 4) is 0 Å². The third kappa shape index (κ3) is 2.39. The summed E-state index contributed by atoms with van der Waals surface area (Å²) in [6.45, 7) is 3.06. The first-order valence-electron chi connectivity index (χ1n) is 6.35. The van der Waals surface area contributed by atoms with Gasteiger partial charge in [-0.25, -0.2) is 4.98 Å². The summed E-state index contributed by atoms with van der Waals surface area (Å²) < 4.78 is 0. The van der Waals surface area contributed by atoms with Crippen LogP contribution in [0.3, 0.4) is 0 Å². The molecule has 5 nitrogen and oxygen atoms in total. The van der Waals surface area contributed by atoms with Crippen molar-refractivity contribution in [2.45, 2.75) is 32.6 Å². The minimum Gasteiger partial charge on any atom is -0.384 e. The van der Waals surface area contributed by atoms with Crippen LogP contribution in [-0.2, 0) is 0 Å². The number of aromatic nitrogens is 1. The van der Waals surface area contributed by atoms with E-state index in [0.29, 0.717) is 22.5 Å². The summed E-state index contributed by atoms with van der Waals surface area (Å²) >= 11 is 0. The number of hydrogen-bond acceptors (Lipinski definition) is 4. The van der Waals surface area contributed by atoms with E-state index in [1.54, 1.807) is 6.20 Å². The van der Waals surface area contributed by atoms with Crippen LogP contribution in [0.5, 0.6) is 0 Å². The molecule has 5 N–H and O–H groups in total. The Balaban J connectivity index is 2.11. The third-order valence-electron chi connectivity index (χ3n) is 4.01. The highest BCUT2D eigenvalue weighted by atomic mass is 16.1. The molecule has 1 amide bonds. The average Bonchev–Trinajstić information content (AvgIpc) is 2.29. The van der Waals surface area contributed by atoms with E-state index in [2.05, 4.69) is 17.2 Å². The summed E-state index contributed by atoms with van der Waals surface area (Å²) in [7, 11) is 0. The van der Waals surface area contributed by atoms with Gasteiger partial charge in [-0.1, -0.05) is 13.3 Å². The van der Waals surface area contributed by atoms with Gasteiger partial charge in [0.15, 0.2) is 0 Å². The maximum atomic E-state index is 11.4. The zero-order valence-corrected chi connectivity index (χ0v) is 10.7. The van der Waals surface area contributed by atoms with Crippen molar-refractivity contribution in [3.05, 3.63) is 17.8 Å². The molecule has 0 bridgehead atoms. The average molecular weight is 248 g/mol. The zero-order valence-electron chi connectivity index (χ0n) is 10.7. The zero-order chi connectivity index (χ0) is 13.2. The van der Waals surface area contributed by atoms with Crippen molar-refractivity contribution in [1.82, 2.24) is 4.98 Å². The molecule has 0 aliphatic heterocycles. The van der Waals surface area contributed by atoms with Crippen LogP contribution in [-0.4, -0.2) is 17.4 Å². The smallest absolute Gasteiger partial charge is 0.250 e. The fraction of sp³-hybridized carbons (Fsp3) is 0.538. The number of pyridine rings is 1. The van der Waals surface area contributed by atoms with E-state index in [1.807, 2.05) is 0 Å². The molecule has 0 saturated heterocycles. The number of amides is 1. The van der Waals surface area contributed by atoms with E-state index in [0.717, 1.165) is 13.0 Å². The van der Waals surface area contributed by atoms with Crippen molar-refractivity contribution in [3.63, 3.8) is 0 Å². The number of nitrogen functional groups attached to an aromatic ring is 1. The van der Waals surface area contributed by atoms with E-state index in [9.17, 15) is 4.79 Å². The monoisotopic (exact) mass is 248 g/mol. The second-order valence-corrected chi connectivity index (χ2v) is 5.08. The lowest BCUT2D eigenvalue weighted by molar-refractivity contribution is 0.100. The van der Waals surface area contributed by atoms with Crippen LogP contribution in [0.1, 0.15) is 43.0 Å². The van der Waals surface area contributed by atoms with Crippen LogP contribution in [0.25, 0.3) is 0 Å². The standard InChI is InChI=1S/C13H20N4O/c1-2-13(4-3-5-13)8-17-10-7-16-11(14)6-9(10)12(15)18/h6-7,17H,2-5,8H2,1H3,(H2,14,16)(H2,15,18). The Morgan fingerprint density at radius 2 is 2.28 bits per heavy atom. The quantitative estimate of drug-likeness (QED) is 0.740. The SMILES string of the molecule is CCC1(CNc2cnc(N)cc2C(N)=O)CCC1. The van der Waals surface area contributed by atoms with Crippen molar-refractivity contribution in [2.75, 3.05) is 17.6 Å². The largest absolute Gasteiger partial charge is 0.384 e. The molecule has 98 valence electrons. The molecule has 1 aromatic rings. The predicted octanol–water partition coefficient (Wildman–Crippen LogP) is 1.75. The molecule has 1 fully saturated rings. The number of hydrogen-bond donors (Lipinski definition) is 3. The molecule has 5 heteroatoms. The van der Waals surface area contributed by atoms with Crippen LogP contribution in [0.2, 0.25) is 0 Å². The lowest BCUT2D eigenvalue weighted by atomic mass is 9.67. The minimum absolute atomic E-state index is 0.309. The number of carbonyl (C=O) groups excluding carboxylic acids is 1. The Hall–Kier alpha value is -1.78. The number of nitrogens with zero attached hydrogens (tertiary/aromatic N) is 1. The van der Waals surface area contributed by atoms with Crippen LogP contribution in [0.4, 0.5) is 11.5 Å². The van der Waals surface area contributed by atoms with Crippen molar-refractivity contribution in [1.29, 1.82) is 0 Å². The van der Waals surface area contributed by atoms with Crippen LogP contribution < -0.4 is 16.8 Å². The number of nitrogens with two attached hydrogens (primary N) is 2. The van der Waals surface area contributed by atoms with Gasteiger partial charge in [-0.15, -0.1) is 0 Å². The predicted molar refractivity (Wildman–Crippen MR) is 72.2 cm³/mol. The van der Waals surface area contributed by atoms with Gasteiger partial charge in [0.25, 0.3) is 5.91 Å². The summed E-state index contributed by atoms with van der Waals surface area (Å²) in [5.74, 6) is -0.172.